The molecule has 6 heteroatoms. The Kier molecular flexibility index (Phi) is 8.09. The van der Waals surface area contributed by atoms with Gasteiger partial charge in [0.05, 0.1) is 6.54 Å². The second kappa shape index (κ2) is 9.80. The van der Waals surface area contributed by atoms with Crippen LogP contribution in [0.2, 0.25) is 0 Å². The van der Waals surface area contributed by atoms with Gasteiger partial charge in [-0.2, -0.15) is 0 Å². The number of amides is 2. The Morgan fingerprint density at radius 2 is 1.88 bits per heavy atom. The van der Waals surface area contributed by atoms with Crippen LogP contribution in [0.15, 0.2) is 24.3 Å². The highest BCUT2D eigenvalue weighted by Gasteiger charge is 2.15. The Morgan fingerprint density at radius 1 is 1.12 bits per heavy atom. The zero-order valence-corrected chi connectivity index (χ0v) is 15.0. The van der Waals surface area contributed by atoms with Crippen LogP contribution in [0.5, 0.6) is 5.75 Å². The van der Waals surface area contributed by atoms with Crippen molar-refractivity contribution in [2.24, 2.45) is 0 Å². The summed E-state index contributed by atoms with van der Waals surface area (Å²) in [5.41, 5.74) is 0.618. The molecule has 0 aliphatic heterocycles. The highest BCUT2D eigenvalue weighted by atomic mass is 16.6. The summed E-state index contributed by atoms with van der Waals surface area (Å²) in [5.74, 6) is 0.736. The Balaban J connectivity index is 2.05. The second-order valence-corrected chi connectivity index (χ2v) is 6.55. The summed E-state index contributed by atoms with van der Waals surface area (Å²) in [6, 6.07) is 7.77. The molecule has 6 nitrogen and oxygen atoms in total. The molecular weight excluding hydrogens is 308 g/mol. The summed E-state index contributed by atoms with van der Waals surface area (Å²) in [4.78, 5) is 23.1. The number of alkyl carbamates (subject to hydrolysis) is 1. The van der Waals surface area contributed by atoms with Gasteiger partial charge in [0.2, 0.25) is 5.91 Å². The first-order valence-electron chi connectivity index (χ1n) is 8.19. The van der Waals surface area contributed by atoms with Crippen LogP contribution in [0.25, 0.3) is 0 Å². The number of hydrogen-bond donors (Lipinski definition) is 2. The van der Waals surface area contributed by atoms with Gasteiger partial charge in [0.25, 0.3) is 0 Å². The van der Waals surface area contributed by atoms with Crippen LogP contribution in [0.3, 0.4) is 0 Å². The second-order valence-electron chi connectivity index (χ2n) is 6.55. The van der Waals surface area contributed by atoms with E-state index in [-0.39, 0.29) is 5.91 Å². The molecule has 134 valence electrons. The monoisotopic (exact) mass is 336 g/mol. The van der Waals surface area contributed by atoms with E-state index in [1.54, 1.807) is 20.8 Å². The van der Waals surface area contributed by atoms with Crippen molar-refractivity contribution >= 4 is 12.0 Å². The minimum atomic E-state index is -0.515. The third kappa shape index (κ3) is 9.71. The average molecular weight is 336 g/mol. The van der Waals surface area contributed by atoms with Crippen molar-refractivity contribution < 1.29 is 19.1 Å². The van der Waals surface area contributed by atoms with Gasteiger partial charge >= 0.3 is 6.09 Å². The van der Waals surface area contributed by atoms with Gasteiger partial charge in [0.15, 0.2) is 0 Å². The number of ether oxygens (including phenoxy) is 2. The summed E-state index contributed by atoms with van der Waals surface area (Å²) < 4.78 is 10.7. The van der Waals surface area contributed by atoms with Gasteiger partial charge in [0.1, 0.15) is 18.0 Å². The first kappa shape index (κ1) is 19.8. The van der Waals surface area contributed by atoms with Crippen molar-refractivity contribution in [1.29, 1.82) is 0 Å². The fourth-order valence-corrected chi connectivity index (χ4v) is 1.91. The number of carbonyl (C=O) groups excluding carboxylic acids is 2. The largest absolute Gasteiger partial charge is 0.492 e. The normalized spacial score (nSPS) is 10.8. The molecule has 2 amide bonds. The van der Waals surface area contributed by atoms with E-state index in [1.807, 2.05) is 31.2 Å². The molecule has 0 spiro atoms. The van der Waals surface area contributed by atoms with E-state index < -0.39 is 11.7 Å². The predicted molar refractivity (Wildman–Crippen MR) is 93.2 cm³/mol. The van der Waals surface area contributed by atoms with Gasteiger partial charge in [-0.05, 0) is 51.8 Å². The highest BCUT2D eigenvalue weighted by molar-refractivity contribution is 5.75. The summed E-state index contributed by atoms with van der Waals surface area (Å²) in [5, 5.41) is 5.41. The third-order valence-corrected chi connectivity index (χ3v) is 2.93. The van der Waals surface area contributed by atoms with Crippen molar-refractivity contribution in [3.05, 3.63) is 29.8 Å². The number of hydrogen-bond acceptors (Lipinski definition) is 4. The zero-order chi connectivity index (χ0) is 18.0. The van der Waals surface area contributed by atoms with Gasteiger partial charge in [0, 0.05) is 13.0 Å². The maximum absolute atomic E-state index is 11.7. The molecule has 0 fully saturated rings. The molecule has 2 N–H and O–H groups in total. The number of aryl methyl sites for hydroxylation is 1. The molecule has 0 bridgehead atoms. The Labute approximate surface area is 143 Å². The number of nitrogens with one attached hydrogen (secondary N) is 2. The van der Waals surface area contributed by atoms with Gasteiger partial charge in [-0.25, -0.2) is 4.79 Å². The van der Waals surface area contributed by atoms with E-state index >= 15 is 0 Å². The highest BCUT2D eigenvalue weighted by Crippen LogP contribution is 2.11. The third-order valence-electron chi connectivity index (χ3n) is 2.93. The molecule has 0 aliphatic rings. The number of benzene rings is 1. The average Bonchev–Trinajstić information content (AvgIpc) is 2.46. The quantitative estimate of drug-likeness (QED) is 0.716. The van der Waals surface area contributed by atoms with Gasteiger partial charge < -0.3 is 20.1 Å². The molecule has 1 aromatic carbocycles. The van der Waals surface area contributed by atoms with Crippen LogP contribution in [-0.4, -0.2) is 37.3 Å². The van der Waals surface area contributed by atoms with Crippen LogP contribution in [-0.2, 0) is 9.53 Å². The van der Waals surface area contributed by atoms with Crippen molar-refractivity contribution in [2.75, 3.05) is 19.7 Å². The van der Waals surface area contributed by atoms with Crippen molar-refractivity contribution in [3.63, 3.8) is 0 Å². The molecule has 1 aromatic rings. The lowest BCUT2D eigenvalue weighted by Crippen LogP contribution is -2.33. The topological polar surface area (TPSA) is 76.7 Å². The molecule has 0 saturated carbocycles. The maximum atomic E-state index is 11.7. The standard InChI is InChI=1S/C18H28N2O4/c1-14-7-5-8-15(13-14)23-12-11-19-16(21)9-6-10-20-17(22)24-18(2,3)4/h5,7-8,13H,6,9-12H2,1-4H3,(H,19,21)(H,20,22). The minimum absolute atomic E-state index is 0.0613. The molecule has 0 aromatic heterocycles. The fraction of sp³-hybridized carbons (Fsp3) is 0.556. The molecular formula is C18H28N2O4. The lowest BCUT2D eigenvalue weighted by molar-refractivity contribution is -0.121. The van der Waals surface area contributed by atoms with E-state index in [0.29, 0.717) is 32.5 Å². The Bertz CT molecular complexity index is 538. The molecule has 0 aliphatic carbocycles. The van der Waals surface area contributed by atoms with Gasteiger partial charge in [-0.1, -0.05) is 12.1 Å². The molecule has 0 saturated heterocycles. The van der Waals surface area contributed by atoms with E-state index in [4.69, 9.17) is 9.47 Å². The summed E-state index contributed by atoms with van der Waals surface area (Å²) in [6.45, 7) is 8.69. The molecule has 0 radical (unpaired) electrons. The number of carbonyl (C=O) groups is 2. The van der Waals surface area contributed by atoms with Crippen molar-refractivity contribution in [1.82, 2.24) is 10.6 Å². The minimum Gasteiger partial charge on any atom is -0.492 e. The first-order valence-corrected chi connectivity index (χ1v) is 8.19. The smallest absolute Gasteiger partial charge is 0.407 e. The van der Waals surface area contributed by atoms with Crippen molar-refractivity contribution in [2.45, 2.75) is 46.1 Å². The van der Waals surface area contributed by atoms with E-state index in [0.717, 1.165) is 11.3 Å². The van der Waals surface area contributed by atoms with E-state index in [2.05, 4.69) is 10.6 Å². The van der Waals surface area contributed by atoms with Crippen LogP contribution < -0.4 is 15.4 Å². The van der Waals surface area contributed by atoms with Crippen LogP contribution in [0.4, 0.5) is 4.79 Å². The molecule has 1 rings (SSSR count). The van der Waals surface area contributed by atoms with Crippen molar-refractivity contribution in [3.8, 4) is 5.75 Å². The molecule has 0 heterocycles. The molecule has 0 unspecified atom stereocenters. The summed E-state index contributed by atoms with van der Waals surface area (Å²) in [7, 11) is 0. The van der Waals surface area contributed by atoms with Gasteiger partial charge in [-0.3, -0.25) is 4.79 Å². The Hall–Kier alpha value is -2.24. The fourth-order valence-electron chi connectivity index (χ4n) is 1.91. The van der Waals surface area contributed by atoms with Gasteiger partial charge in [-0.15, -0.1) is 0 Å². The van der Waals surface area contributed by atoms with E-state index in [1.165, 1.54) is 0 Å². The summed E-state index contributed by atoms with van der Waals surface area (Å²) in [6.07, 6.45) is 0.443. The Morgan fingerprint density at radius 3 is 2.54 bits per heavy atom. The lowest BCUT2D eigenvalue weighted by Gasteiger charge is -2.19. The lowest BCUT2D eigenvalue weighted by atomic mass is 10.2. The SMILES string of the molecule is Cc1cccc(OCCNC(=O)CCCNC(=O)OC(C)(C)C)c1. The molecule has 0 atom stereocenters. The molecule has 24 heavy (non-hydrogen) atoms. The summed E-state index contributed by atoms with van der Waals surface area (Å²) >= 11 is 0. The van der Waals surface area contributed by atoms with Crippen LogP contribution in [0.1, 0.15) is 39.2 Å². The first-order chi connectivity index (χ1) is 11.3. The van der Waals surface area contributed by atoms with E-state index in [9.17, 15) is 9.59 Å². The van der Waals surface area contributed by atoms with Crippen LogP contribution in [0, 0.1) is 6.92 Å². The zero-order valence-electron chi connectivity index (χ0n) is 15.0. The maximum Gasteiger partial charge on any atom is 0.407 e. The van der Waals surface area contributed by atoms with Crippen LogP contribution >= 0.6 is 0 Å². The number of rotatable bonds is 8. The predicted octanol–water partition coefficient (Wildman–Crippen LogP) is 2.79.